The number of piperidine rings is 1. The molecule has 0 bridgehead atoms. The molecule has 0 aliphatic carbocycles. The van der Waals surface area contributed by atoms with Crippen LogP contribution in [0.5, 0.6) is 0 Å². The molecule has 0 radical (unpaired) electrons. The number of nitrogens with zero attached hydrogens (tertiary/aromatic N) is 3. The van der Waals surface area contributed by atoms with Crippen molar-refractivity contribution in [2.75, 3.05) is 50.7 Å². The van der Waals surface area contributed by atoms with Gasteiger partial charge >= 0.3 is 6.09 Å². The van der Waals surface area contributed by atoms with Crippen molar-refractivity contribution < 1.29 is 23.9 Å². The fourth-order valence-corrected chi connectivity index (χ4v) is 5.64. The zero-order valence-electron chi connectivity index (χ0n) is 20.3. The van der Waals surface area contributed by atoms with Crippen molar-refractivity contribution in [3.8, 4) is 0 Å². The molecule has 3 heterocycles. The Morgan fingerprint density at radius 3 is 2.40 bits per heavy atom. The second-order valence-corrected chi connectivity index (χ2v) is 9.98. The van der Waals surface area contributed by atoms with Crippen LogP contribution in [0.15, 0.2) is 24.3 Å². The molecule has 2 atom stereocenters. The van der Waals surface area contributed by atoms with Crippen LogP contribution < -0.4 is 15.5 Å². The van der Waals surface area contributed by atoms with Gasteiger partial charge in [0, 0.05) is 57.5 Å². The van der Waals surface area contributed by atoms with Crippen molar-refractivity contribution in [3.05, 3.63) is 30.1 Å². The fraction of sp³-hybridized carbons (Fsp3) is 0.640. The first-order valence-corrected chi connectivity index (χ1v) is 12.6. The number of likely N-dealkylation sites (tertiary alicyclic amines) is 1. The van der Waals surface area contributed by atoms with E-state index >= 15 is 0 Å². The molecular weight excluding hydrogens is 453 g/mol. The quantitative estimate of drug-likeness (QED) is 0.540. The maximum absolute atomic E-state index is 13.2. The number of hydrogen-bond acceptors (Lipinski definition) is 5. The highest BCUT2D eigenvalue weighted by atomic mass is 19.1. The topological polar surface area (TPSA) is 105 Å². The Morgan fingerprint density at radius 1 is 1.14 bits per heavy atom. The van der Waals surface area contributed by atoms with Gasteiger partial charge in [0.2, 0.25) is 11.8 Å². The van der Waals surface area contributed by atoms with E-state index in [1.807, 2.05) is 12.1 Å². The first-order chi connectivity index (χ1) is 16.8. The number of benzene rings is 1. The number of halogens is 1. The standard InChI is InChI=1S/C25H36FN5O4/c1-2-21(28-24(34)35)22(32)31-11-8-25(9-12-31)17-19(27-23(25)33)7-10-29-13-15-30(16-14-29)20-5-3-18(26)4-6-20/h3-6,19,21,28H,2,7-17H2,1H3,(H,27,33)(H,34,35). The summed E-state index contributed by atoms with van der Waals surface area (Å²) in [6, 6.07) is 6.03. The maximum atomic E-state index is 13.2. The van der Waals surface area contributed by atoms with Crippen molar-refractivity contribution in [1.29, 1.82) is 0 Å². The van der Waals surface area contributed by atoms with Crippen molar-refractivity contribution in [2.45, 2.75) is 51.1 Å². The van der Waals surface area contributed by atoms with E-state index in [2.05, 4.69) is 20.4 Å². The number of anilines is 1. The summed E-state index contributed by atoms with van der Waals surface area (Å²) in [5, 5.41) is 14.4. The Hall–Kier alpha value is -2.88. The highest BCUT2D eigenvalue weighted by Crippen LogP contribution is 2.41. The molecule has 1 aromatic carbocycles. The summed E-state index contributed by atoms with van der Waals surface area (Å²) < 4.78 is 13.2. The molecular formula is C25H36FN5O4. The lowest BCUT2D eigenvalue weighted by Crippen LogP contribution is -2.52. The van der Waals surface area contributed by atoms with E-state index in [0.29, 0.717) is 32.4 Å². The molecule has 2 unspecified atom stereocenters. The molecule has 3 fully saturated rings. The van der Waals surface area contributed by atoms with Gasteiger partial charge in [0.25, 0.3) is 0 Å². The monoisotopic (exact) mass is 489 g/mol. The van der Waals surface area contributed by atoms with Crippen molar-refractivity contribution >= 4 is 23.6 Å². The van der Waals surface area contributed by atoms with Crippen LogP contribution in [0, 0.1) is 11.2 Å². The van der Waals surface area contributed by atoms with Crippen molar-refractivity contribution in [1.82, 2.24) is 20.4 Å². The highest BCUT2D eigenvalue weighted by Gasteiger charge is 2.49. The van der Waals surface area contributed by atoms with Gasteiger partial charge in [-0.25, -0.2) is 9.18 Å². The van der Waals surface area contributed by atoms with E-state index in [1.165, 1.54) is 12.1 Å². The van der Waals surface area contributed by atoms with E-state index in [-0.39, 0.29) is 23.7 Å². The largest absolute Gasteiger partial charge is 0.465 e. The number of carboxylic acid groups (broad SMARTS) is 1. The third-order valence-corrected chi connectivity index (χ3v) is 7.85. The molecule has 192 valence electrons. The predicted octanol–water partition coefficient (Wildman–Crippen LogP) is 1.88. The molecule has 1 aromatic rings. The summed E-state index contributed by atoms with van der Waals surface area (Å²) >= 11 is 0. The minimum Gasteiger partial charge on any atom is -0.465 e. The minimum absolute atomic E-state index is 0.0893. The summed E-state index contributed by atoms with van der Waals surface area (Å²) in [6.45, 7) is 7.30. The number of amides is 3. The van der Waals surface area contributed by atoms with Crippen LogP contribution in [0.25, 0.3) is 0 Å². The normalized spacial score (nSPS) is 23.3. The van der Waals surface area contributed by atoms with Crippen LogP contribution in [0.1, 0.15) is 39.0 Å². The van der Waals surface area contributed by atoms with Gasteiger partial charge in [0.05, 0.1) is 5.41 Å². The lowest BCUT2D eigenvalue weighted by atomic mass is 9.75. The van der Waals surface area contributed by atoms with Gasteiger partial charge in [-0.05, 0) is 56.4 Å². The van der Waals surface area contributed by atoms with Gasteiger partial charge in [-0.2, -0.15) is 0 Å². The Morgan fingerprint density at radius 2 is 1.80 bits per heavy atom. The summed E-state index contributed by atoms with van der Waals surface area (Å²) in [6.07, 6.45) is 2.10. The van der Waals surface area contributed by atoms with Gasteiger partial charge in [0.1, 0.15) is 11.9 Å². The Kier molecular flexibility index (Phi) is 7.78. The van der Waals surface area contributed by atoms with E-state index in [0.717, 1.165) is 51.3 Å². The Balaban J connectivity index is 1.21. The van der Waals surface area contributed by atoms with E-state index < -0.39 is 17.6 Å². The van der Waals surface area contributed by atoms with E-state index in [4.69, 9.17) is 5.11 Å². The molecule has 35 heavy (non-hydrogen) atoms. The number of rotatable bonds is 7. The second-order valence-electron chi connectivity index (χ2n) is 9.98. The molecule has 1 spiro atoms. The molecule has 3 N–H and O–H groups in total. The molecule has 10 heteroatoms. The number of carbonyl (C=O) groups is 3. The Labute approximate surface area is 205 Å². The molecule has 4 rings (SSSR count). The van der Waals surface area contributed by atoms with Gasteiger partial charge in [-0.3, -0.25) is 14.5 Å². The average molecular weight is 490 g/mol. The number of nitrogens with one attached hydrogen (secondary N) is 2. The zero-order chi connectivity index (χ0) is 25.0. The van der Waals surface area contributed by atoms with Crippen LogP contribution in [0.4, 0.5) is 14.9 Å². The third kappa shape index (κ3) is 5.86. The molecule has 3 aliphatic rings. The number of piperazine rings is 1. The molecule has 3 saturated heterocycles. The molecule has 0 saturated carbocycles. The Bertz CT molecular complexity index is 911. The lowest BCUT2D eigenvalue weighted by molar-refractivity contribution is -0.139. The van der Waals surface area contributed by atoms with Gasteiger partial charge in [-0.15, -0.1) is 0 Å². The highest BCUT2D eigenvalue weighted by molar-refractivity contribution is 5.87. The van der Waals surface area contributed by atoms with Crippen LogP contribution in [-0.4, -0.2) is 90.7 Å². The first-order valence-electron chi connectivity index (χ1n) is 12.6. The lowest BCUT2D eigenvalue weighted by Gasteiger charge is -2.38. The number of hydrogen-bond donors (Lipinski definition) is 3. The van der Waals surface area contributed by atoms with Crippen molar-refractivity contribution in [2.24, 2.45) is 5.41 Å². The van der Waals surface area contributed by atoms with E-state index in [9.17, 15) is 18.8 Å². The third-order valence-electron chi connectivity index (χ3n) is 7.85. The van der Waals surface area contributed by atoms with Gasteiger partial charge in [-0.1, -0.05) is 6.92 Å². The maximum Gasteiger partial charge on any atom is 0.405 e. The number of carbonyl (C=O) groups excluding carboxylic acids is 2. The summed E-state index contributed by atoms with van der Waals surface area (Å²) in [4.78, 5) is 42.9. The summed E-state index contributed by atoms with van der Waals surface area (Å²) in [7, 11) is 0. The van der Waals surface area contributed by atoms with E-state index in [1.54, 1.807) is 11.8 Å². The predicted molar refractivity (Wildman–Crippen MR) is 130 cm³/mol. The smallest absolute Gasteiger partial charge is 0.405 e. The van der Waals surface area contributed by atoms with Crippen LogP contribution in [0.2, 0.25) is 0 Å². The molecule has 9 nitrogen and oxygen atoms in total. The van der Waals surface area contributed by atoms with Gasteiger partial charge in [0.15, 0.2) is 0 Å². The second kappa shape index (κ2) is 10.8. The van der Waals surface area contributed by atoms with Gasteiger partial charge < -0.3 is 25.5 Å². The minimum atomic E-state index is -1.20. The first kappa shape index (κ1) is 25.2. The van der Waals surface area contributed by atoms with Crippen LogP contribution in [-0.2, 0) is 9.59 Å². The zero-order valence-corrected chi connectivity index (χ0v) is 20.3. The summed E-state index contributed by atoms with van der Waals surface area (Å²) in [5.74, 6) is -0.340. The SMILES string of the molecule is CCC(NC(=O)O)C(=O)N1CCC2(CC1)CC(CCN1CCN(c3ccc(F)cc3)CC1)NC2=O. The van der Waals surface area contributed by atoms with Crippen LogP contribution in [0.3, 0.4) is 0 Å². The molecule has 3 aliphatic heterocycles. The van der Waals surface area contributed by atoms with Crippen LogP contribution >= 0.6 is 0 Å². The summed E-state index contributed by atoms with van der Waals surface area (Å²) in [5.41, 5.74) is 0.620. The molecule has 3 amide bonds. The molecule has 0 aromatic heterocycles. The average Bonchev–Trinajstić information content (AvgIpc) is 3.16. The fourth-order valence-electron chi connectivity index (χ4n) is 5.64. The van der Waals surface area contributed by atoms with Crippen molar-refractivity contribution in [3.63, 3.8) is 0 Å².